The topological polar surface area (TPSA) is 71.5 Å². The zero-order valence-corrected chi connectivity index (χ0v) is 11.6. The van der Waals surface area contributed by atoms with Gasteiger partial charge in [-0.05, 0) is 45.2 Å². The van der Waals surface area contributed by atoms with E-state index in [1.54, 1.807) is 13.0 Å². The number of carboxylic acid groups (broad SMARTS) is 1. The Labute approximate surface area is 113 Å². The summed E-state index contributed by atoms with van der Waals surface area (Å²) in [6.45, 7) is 7.03. The van der Waals surface area contributed by atoms with Crippen LogP contribution in [0.3, 0.4) is 0 Å². The fraction of sp³-hybridized carbons (Fsp3) is 0.571. The van der Waals surface area contributed by atoms with Gasteiger partial charge in [-0.3, -0.25) is 0 Å². The standard InChI is InChI=1S/C14H20N2O3/c1-9-7-10(2)16-12(11(9)13(17)18)15-8-14(3)5-4-6-19-14/h7H,4-6,8H2,1-3H3,(H,15,16)(H,17,18). The van der Waals surface area contributed by atoms with Crippen LogP contribution in [0.1, 0.15) is 41.4 Å². The van der Waals surface area contributed by atoms with Gasteiger partial charge in [0.1, 0.15) is 11.4 Å². The second-order valence-corrected chi connectivity index (χ2v) is 5.36. The number of pyridine rings is 1. The van der Waals surface area contributed by atoms with E-state index in [1.807, 2.05) is 13.8 Å². The summed E-state index contributed by atoms with van der Waals surface area (Å²) in [5.41, 5.74) is 1.55. The largest absolute Gasteiger partial charge is 0.478 e. The van der Waals surface area contributed by atoms with Crippen molar-refractivity contribution in [3.8, 4) is 0 Å². The summed E-state index contributed by atoms with van der Waals surface area (Å²) in [5, 5.41) is 12.4. The second-order valence-electron chi connectivity index (χ2n) is 5.36. The number of aromatic nitrogens is 1. The molecule has 1 atom stereocenters. The lowest BCUT2D eigenvalue weighted by Gasteiger charge is -2.24. The van der Waals surface area contributed by atoms with Gasteiger partial charge in [0.2, 0.25) is 0 Å². The Hall–Kier alpha value is -1.62. The molecule has 0 aromatic carbocycles. The van der Waals surface area contributed by atoms with Gasteiger partial charge in [0.15, 0.2) is 0 Å². The second kappa shape index (κ2) is 5.17. The van der Waals surface area contributed by atoms with Crippen molar-refractivity contribution in [2.24, 2.45) is 0 Å². The summed E-state index contributed by atoms with van der Waals surface area (Å²) < 4.78 is 5.69. The first kappa shape index (κ1) is 13.8. The van der Waals surface area contributed by atoms with E-state index in [0.717, 1.165) is 30.7 Å². The smallest absolute Gasteiger partial charge is 0.339 e. The number of aryl methyl sites for hydroxylation is 2. The van der Waals surface area contributed by atoms with Gasteiger partial charge in [-0.25, -0.2) is 9.78 Å². The number of carbonyl (C=O) groups is 1. The van der Waals surface area contributed by atoms with Gasteiger partial charge in [0.05, 0.1) is 5.60 Å². The monoisotopic (exact) mass is 264 g/mol. The van der Waals surface area contributed by atoms with Gasteiger partial charge >= 0.3 is 5.97 Å². The van der Waals surface area contributed by atoms with E-state index in [0.29, 0.717) is 12.4 Å². The van der Waals surface area contributed by atoms with Gasteiger partial charge in [0.25, 0.3) is 0 Å². The third kappa shape index (κ3) is 3.04. The SMILES string of the molecule is Cc1cc(C)c(C(=O)O)c(NCC2(C)CCCO2)n1. The molecule has 0 amide bonds. The molecule has 2 heterocycles. The molecule has 1 fully saturated rings. The van der Waals surface area contributed by atoms with E-state index in [1.165, 1.54) is 0 Å². The van der Waals surface area contributed by atoms with Crippen molar-refractivity contribution in [3.05, 3.63) is 22.9 Å². The number of hydrogen-bond acceptors (Lipinski definition) is 4. The fourth-order valence-electron chi connectivity index (χ4n) is 2.48. The summed E-state index contributed by atoms with van der Waals surface area (Å²) in [7, 11) is 0. The van der Waals surface area contributed by atoms with E-state index in [-0.39, 0.29) is 11.2 Å². The van der Waals surface area contributed by atoms with Gasteiger partial charge in [-0.2, -0.15) is 0 Å². The zero-order valence-electron chi connectivity index (χ0n) is 11.6. The highest BCUT2D eigenvalue weighted by atomic mass is 16.5. The molecule has 1 aliphatic rings. The van der Waals surface area contributed by atoms with Crippen molar-refractivity contribution in [1.29, 1.82) is 0 Å². The molecule has 19 heavy (non-hydrogen) atoms. The molecule has 5 heteroatoms. The average Bonchev–Trinajstić information content (AvgIpc) is 2.72. The number of ether oxygens (including phenoxy) is 1. The first-order valence-corrected chi connectivity index (χ1v) is 6.51. The van der Waals surface area contributed by atoms with Crippen LogP contribution >= 0.6 is 0 Å². The molecule has 0 bridgehead atoms. The van der Waals surface area contributed by atoms with Crippen LogP contribution in [0.25, 0.3) is 0 Å². The highest BCUT2D eigenvalue weighted by molar-refractivity contribution is 5.94. The lowest BCUT2D eigenvalue weighted by atomic mass is 10.0. The van der Waals surface area contributed by atoms with Crippen molar-refractivity contribution in [3.63, 3.8) is 0 Å². The van der Waals surface area contributed by atoms with Crippen LogP contribution in [0, 0.1) is 13.8 Å². The number of aromatic carboxylic acids is 1. The number of nitrogens with one attached hydrogen (secondary N) is 1. The van der Waals surface area contributed by atoms with Gasteiger partial charge in [-0.15, -0.1) is 0 Å². The van der Waals surface area contributed by atoms with Crippen LogP contribution in [0.15, 0.2) is 6.07 Å². The Morgan fingerprint density at radius 2 is 2.32 bits per heavy atom. The summed E-state index contributed by atoms with van der Waals surface area (Å²) in [5.74, 6) is -0.522. The molecule has 1 aromatic heterocycles. The predicted molar refractivity (Wildman–Crippen MR) is 72.8 cm³/mol. The highest BCUT2D eigenvalue weighted by Gasteiger charge is 2.30. The van der Waals surface area contributed by atoms with Crippen LogP contribution in [0.4, 0.5) is 5.82 Å². The highest BCUT2D eigenvalue weighted by Crippen LogP contribution is 2.26. The molecule has 1 aromatic rings. The fourth-order valence-corrected chi connectivity index (χ4v) is 2.48. The zero-order chi connectivity index (χ0) is 14.0. The molecule has 2 rings (SSSR count). The number of anilines is 1. The molecular formula is C14H20N2O3. The Kier molecular flexibility index (Phi) is 3.75. The van der Waals surface area contributed by atoms with Crippen LogP contribution in [-0.4, -0.2) is 34.8 Å². The molecule has 2 N–H and O–H groups in total. The quantitative estimate of drug-likeness (QED) is 0.873. The minimum absolute atomic E-state index is 0.227. The molecule has 1 aliphatic heterocycles. The third-order valence-electron chi connectivity index (χ3n) is 3.49. The number of carboxylic acids is 1. The number of nitrogens with zero attached hydrogens (tertiary/aromatic N) is 1. The van der Waals surface area contributed by atoms with E-state index in [4.69, 9.17) is 4.74 Å². The maximum atomic E-state index is 11.3. The Bertz CT molecular complexity index is 494. The molecule has 0 radical (unpaired) electrons. The van der Waals surface area contributed by atoms with E-state index < -0.39 is 5.97 Å². The van der Waals surface area contributed by atoms with Crippen LogP contribution < -0.4 is 5.32 Å². The molecule has 0 aliphatic carbocycles. The van der Waals surface area contributed by atoms with Crippen LogP contribution in [-0.2, 0) is 4.74 Å². The van der Waals surface area contributed by atoms with Crippen molar-refractivity contribution in [2.45, 2.75) is 39.2 Å². The van der Waals surface area contributed by atoms with Crippen molar-refractivity contribution >= 4 is 11.8 Å². The Balaban J connectivity index is 2.21. The van der Waals surface area contributed by atoms with Crippen molar-refractivity contribution in [2.75, 3.05) is 18.5 Å². The van der Waals surface area contributed by atoms with Crippen LogP contribution in [0.5, 0.6) is 0 Å². The molecule has 1 unspecified atom stereocenters. The lowest BCUT2D eigenvalue weighted by Crippen LogP contribution is -2.33. The van der Waals surface area contributed by atoms with E-state index in [9.17, 15) is 9.90 Å². The molecule has 0 saturated carbocycles. The van der Waals surface area contributed by atoms with E-state index in [2.05, 4.69) is 10.3 Å². The van der Waals surface area contributed by atoms with Gasteiger partial charge in [-0.1, -0.05) is 0 Å². The minimum atomic E-state index is -0.954. The first-order chi connectivity index (χ1) is 8.91. The van der Waals surface area contributed by atoms with Gasteiger partial charge in [0, 0.05) is 18.8 Å². The minimum Gasteiger partial charge on any atom is -0.478 e. The summed E-state index contributed by atoms with van der Waals surface area (Å²) in [4.78, 5) is 15.6. The van der Waals surface area contributed by atoms with Crippen LogP contribution in [0.2, 0.25) is 0 Å². The molecule has 1 saturated heterocycles. The van der Waals surface area contributed by atoms with E-state index >= 15 is 0 Å². The summed E-state index contributed by atoms with van der Waals surface area (Å²) >= 11 is 0. The summed E-state index contributed by atoms with van der Waals surface area (Å²) in [6, 6.07) is 1.78. The maximum absolute atomic E-state index is 11.3. The molecule has 104 valence electrons. The molecule has 0 spiro atoms. The Morgan fingerprint density at radius 3 is 2.89 bits per heavy atom. The third-order valence-corrected chi connectivity index (χ3v) is 3.49. The normalized spacial score (nSPS) is 22.5. The number of hydrogen-bond donors (Lipinski definition) is 2. The van der Waals surface area contributed by atoms with Gasteiger partial charge < -0.3 is 15.2 Å². The lowest BCUT2D eigenvalue weighted by molar-refractivity contribution is 0.0314. The summed E-state index contributed by atoms with van der Waals surface area (Å²) in [6.07, 6.45) is 2.03. The number of rotatable bonds is 4. The van der Waals surface area contributed by atoms with Crippen molar-refractivity contribution < 1.29 is 14.6 Å². The average molecular weight is 264 g/mol. The predicted octanol–water partition coefficient (Wildman–Crippen LogP) is 2.38. The van der Waals surface area contributed by atoms with Crippen molar-refractivity contribution in [1.82, 2.24) is 4.98 Å². The first-order valence-electron chi connectivity index (χ1n) is 6.51. The molecular weight excluding hydrogens is 244 g/mol. The maximum Gasteiger partial charge on any atom is 0.339 e. The molecule has 5 nitrogen and oxygen atoms in total. The Morgan fingerprint density at radius 1 is 1.58 bits per heavy atom.